The summed E-state index contributed by atoms with van der Waals surface area (Å²) in [5, 5.41) is 2.66. The molecule has 0 unspecified atom stereocenters. The molecule has 0 aromatic heterocycles. The molecular formula is C25H22FNO5. The summed E-state index contributed by atoms with van der Waals surface area (Å²) in [6.45, 7) is 1.30. The Balaban J connectivity index is 1.45. The largest absolute Gasteiger partial charge is 0.452 e. The number of hydrogen-bond donors (Lipinski definition) is 1. The Kier molecular flexibility index (Phi) is 7.70. The van der Waals surface area contributed by atoms with Gasteiger partial charge < -0.3 is 14.8 Å². The highest BCUT2D eigenvalue weighted by Crippen LogP contribution is 2.23. The van der Waals surface area contributed by atoms with Crippen LogP contribution in [0.2, 0.25) is 0 Å². The Hall–Kier alpha value is -4.00. The maximum absolute atomic E-state index is 12.9. The number of halogens is 1. The van der Waals surface area contributed by atoms with E-state index in [1.807, 2.05) is 12.1 Å². The van der Waals surface area contributed by atoms with E-state index in [0.717, 1.165) is 16.7 Å². The van der Waals surface area contributed by atoms with Crippen molar-refractivity contribution in [3.8, 4) is 16.9 Å². The number of carbonyl (C=O) groups is 3. The molecule has 1 N–H and O–H groups in total. The minimum atomic E-state index is -0.601. The fraction of sp³-hybridized carbons (Fsp3) is 0.160. The van der Waals surface area contributed by atoms with E-state index in [2.05, 4.69) is 5.32 Å². The molecular weight excluding hydrogens is 413 g/mol. The molecule has 1 amide bonds. The van der Waals surface area contributed by atoms with Crippen LogP contribution < -0.4 is 10.1 Å². The smallest absolute Gasteiger partial charge is 0.338 e. The molecule has 0 radical (unpaired) electrons. The van der Waals surface area contributed by atoms with Crippen LogP contribution in [0.3, 0.4) is 0 Å². The van der Waals surface area contributed by atoms with Crippen molar-refractivity contribution in [1.82, 2.24) is 5.32 Å². The van der Waals surface area contributed by atoms with Crippen LogP contribution in [0.4, 0.5) is 4.39 Å². The van der Waals surface area contributed by atoms with E-state index in [-0.39, 0.29) is 18.4 Å². The first-order valence-corrected chi connectivity index (χ1v) is 9.98. The Morgan fingerprint density at radius 3 is 2.03 bits per heavy atom. The lowest BCUT2D eigenvalue weighted by Crippen LogP contribution is -2.30. The molecule has 0 heterocycles. The highest BCUT2D eigenvalue weighted by Gasteiger charge is 2.10. The predicted octanol–water partition coefficient (Wildman–Crippen LogP) is 3.93. The molecule has 0 aliphatic carbocycles. The number of amides is 1. The number of hydrogen-bond acceptors (Lipinski definition) is 5. The van der Waals surface area contributed by atoms with Crippen molar-refractivity contribution in [2.45, 2.75) is 13.3 Å². The summed E-state index contributed by atoms with van der Waals surface area (Å²) in [6, 6.07) is 19.8. The Labute approximate surface area is 185 Å². The van der Waals surface area contributed by atoms with Crippen molar-refractivity contribution in [3.63, 3.8) is 0 Å². The molecule has 0 aliphatic heterocycles. The van der Waals surface area contributed by atoms with Crippen LogP contribution in [0.25, 0.3) is 11.1 Å². The molecule has 0 atom stereocenters. The van der Waals surface area contributed by atoms with Crippen molar-refractivity contribution >= 4 is 17.8 Å². The lowest BCUT2D eigenvalue weighted by Gasteiger charge is -2.08. The minimum Gasteiger partial charge on any atom is -0.452 e. The van der Waals surface area contributed by atoms with E-state index in [1.165, 1.54) is 19.1 Å². The number of ether oxygens (including phenoxy) is 2. The first-order valence-electron chi connectivity index (χ1n) is 9.98. The molecule has 3 rings (SSSR count). The van der Waals surface area contributed by atoms with Crippen LogP contribution >= 0.6 is 0 Å². The average molecular weight is 435 g/mol. The molecule has 7 heteroatoms. The highest BCUT2D eigenvalue weighted by molar-refractivity contribution is 5.91. The maximum atomic E-state index is 12.9. The summed E-state index contributed by atoms with van der Waals surface area (Å²) < 4.78 is 22.9. The maximum Gasteiger partial charge on any atom is 0.338 e. The van der Waals surface area contributed by atoms with E-state index in [9.17, 15) is 18.8 Å². The molecule has 6 nitrogen and oxygen atoms in total. The van der Waals surface area contributed by atoms with Gasteiger partial charge in [-0.05, 0) is 59.5 Å². The van der Waals surface area contributed by atoms with Gasteiger partial charge in [0.25, 0.3) is 5.91 Å². The van der Waals surface area contributed by atoms with Crippen molar-refractivity contribution in [2.24, 2.45) is 0 Å². The summed E-state index contributed by atoms with van der Waals surface area (Å²) >= 11 is 0. The first kappa shape index (κ1) is 22.7. The number of benzene rings is 3. The zero-order valence-corrected chi connectivity index (χ0v) is 17.5. The molecule has 0 fully saturated rings. The monoisotopic (exact) mass is 435 g/mol. The third-order valence-corrected chi connectivity index (χ3v) is 4.55. The van der Waals surface area contributed by atoms with Gasteiger partial charge in [-0.1, -0.05) is 36.4 Å². The second kappa shape index (κ2) is 10.9. The molecule has 32 heavy (non-hydrogen) atoms. The number of carbonyl (C=O) groups excluding carboxylic acids is 3. The van der Waals surface area contributed by atoms with E-state index < -0.39 is 11.9 Å². The second-order valence-electron chi connectivity index (χ2n) is 7.00. The molecule has 0 spiro atoms. The van der Waals surface area contributed by atoms with Crippen molar-refractivity contribution in [1.29, 1.82) is 0 Å². The Morgan fingerprint density at radius 2 is 1.44 bits per heavy atom. The lowest BCUT2D eigenvalue weighted by atomic mass is 10.0. The van der Waals surface area contributed by atoms with E-state index in [0.29, 0.717) is 24.3 Å². The Morgan fingerprint density at radius 1 is 0.844 bits per heavy atom. The van der Waals surface area contributed by atoms with Gasteiger partial charge in [0.1, 0.15) is 11.6 Å². The summed E-state index contributed by atoms with van der Waals surface area (Å²) in [4.78, 5) is 35.0. The van der Waals surface area contributed by atoms with Crippen LogP contribution in [-0.2, 0) is 20.7 Å². The standard InChI is InChI=1S/C25H22FNO5/c1-17(28)32-23-12-8-20(9-13-23)19-4-6-21(7-5-19)25(30)31-16-24(29)27-15-14-18-2-10-22(26)11-3-18/h2-13H,14-16H2,1H3,(H,27,29). The average Bonchev–Trinajstić information content (AvgIpc) is 2.79. The van der Waals surface area contributed by atoms with Crippen molar-refractivity contribution in [2.75, 3.05) is 13.2 Å². The number of nitrogens with one attached hydrogen (secondary N) is 1. The molecule has 0 saturated carbocycles. The predicted molar refractivity (Wildman–Crippen MR) is 117 cm³/mol. The molecule has 0 aliphatic rings. The lowest BCUT2D eigenvalue weighted by molar-refractivity contribution is -0.131. The Bertz CT molecular complexity index is 1080. The van der Waals surface area contributed by atoms with Gasteiger partial charge in [0, 0.05) is 13.5 Å². The zero-order valence-electron chi connectivity index (χ0n) is 17.5. The SMILES string of the molecule is CC(=O)Oc1ccc(-c2ccc(C(=O)OCC(=O)NCCc3ccc(F)cc3)cc2)cc1. The van der Waals surface area contributed by atoms with E-state index >= 15 is 0 Å². The first-order chi connectivity index (χ1) is 15.4. The third kappa shape index (κ3) is 6.77. The molecule has 0 saturated heterocycles. The highest BCUT2D eigenvalue weighted by atomic mass is 19.1. The quantitative estimate of drug-likeness (QED) is 0.428. The van der Waals surface area contributed by atoms with Crippen LogP contribution in [0.15, 0.2) is 72.8 Å². The molecule has 0 bridgehead atoms. The number of esters is 2. The van der Waals surface area contributed by atoms with Gasteiger partial charge in [-0.3, -0.25) is 9.59 Å². The summed E-state index contributed by atoms with van der Waals surface area (Å²) in [5.41, 5.74) is 2.98. The van der Waals surface area contributed by atoms with Crippen LogP contribution in [0.1, 0.15) is 22.8 Å². The minimum absolute atomic E-state index is 0.310. The fourth-order valence-electron chi connectivity index (χ4n) is 2.94. The van der Waals surface area contributed by atoms with Crippen LogP contribution in [0, 0.1) is 5.82 Å². The second-order valence-corrected chi connectivity index (χ2v) is 7.00. The summed E-state index contributed by atoms with van der Waals surface area (Å²) in [6.07, 6.45) is 0.545. The topological polar surface area (TPSA) is 81.7 Å². The molecule has 3 aromatic rings. The van der Waals surface area contributed by atoms with Crippen molar-refractivity contribution in [3.05, 3.63) is 89.7 Å². The van der Waals surface area contributed by atoms with Gasteiger partial charge in [-0.25, -0.2) is 9.18 Å². The summed E-state index contributed by atoms with van der Waals surface area (Å²) in [5.74, 6) is -1.25. The van der Waals surface area contributed by atoms with Gasteiger partial charge in [-0.2, -0.15) is 0 Å². The molecule has 164 valence electrons. The zero-order chi connectivity index (χ0) is 22.9. The van der Waals surface area contributed by atoms with Gasteiger partial charge in [0.15, 0.2) is 6.61 Å². The van der Waals surface area contributed by atoms with E-state index in [4.69, 9.17) is 9.47 Å². The van der Waals surface area contributed by atoms with Gasteiger partial charge in [-0.15, -0.1) is 0 Å². The normalized spacial score (nSPS) is 10.3. The van der Waals surface area contributed by atoms with Crippen LogP contribution in [-0.4, -0.2) is 31.0 Å². The third-order valence-electron chi connectivity index (χ3n) is 4.55. The van der Waals surface area contributed by atoms with Gasteiger partial charge >= 0.3 is 11.9 Å². The van der Waals surface area contributed by atoms with Gasteiger partial charge in [0.05, 0.1) is 5.56 Å². The van der Waals surface area contributed by atoms with Crippen molar-refractivity contribution < 1.29 is 28.2 Å². The van der Waals surface area contributed by atoms with Crippen LogP contribution in [0.5, 0.6) is 5.75 Å². The fourth-order valence-corrected chi connectivity index (χ4v) is 2.94. The van der Waals surface area contributed by atoms with Gasteiger partial charge in [0.2, 0.25) is 0 Å². The molecule has 3 aromatic carbocycles. The summed E-state index contributed by atoms with van der Waals surface area (Å²) in [7, 11) is 0. The number of rotatable bonds is 8. The van der Waals surface area contributed by atoms with E-state index in [1.54, 1.807) is 48.5 Å².